The van der Waals surface area contributed by atoms with Crippen molar-refractivity contribution in [2.24, 2.45) is 16.3 Å². The fourth-order valence-corrected chi connectivity index (χ4v) is 4.51. The molecule has 3 rings (SSSR count). The van der Waals surface area contributed by atoms with Crippen LogP contribution in [-0.2, 0) is 4.79 Å². The molecule has 5 nitrogen and oxygen atoms in total. The summed E-state index contributed by atoms with van der Waals surface area (Å²) < 4.78 is 0. The van der Waals surface area contributed by atoms with Gasteiger partial charge in [0.2, 0.25) is 5.91 Å². The molecule has 2 aliphatic carbocycles. The quantitative estimate of drug-likeness (QED) is 0.399. The summed E-state index contributed by atoms with van der Waals surface area (Å²) in [6.45, 7) is 4.86. The second-order valence-corrected chi connectivity index (χ2v) is 8.38. The maximum atomic E-state index is 12.0. The number of amides is 1. The highest BCUT2D eigenvalue weighted by molar-refractivity contribution is 14.0. The van der Waals surface area contributed by atoms with E-state index in [1.807, 2.05) is 0 Å². The number of aliphatic imine (C=N–C) groups is 1. The van der Waals surface area contributed by atoms with E-state index in [-0.39, 0.29) is 36.4 Å². The molecule has 1 atom stereocenters. The highest BCUT2D eigenvalue weighted by Gasteiger charge is 2.46. The molecule has 1 N–H and O–H groups in total. The molecule has 1 saturated heterocycles. The minimum absolute atomic E-state index is 0. The summed E-state index contributed by atoms with van der Waals surface area (Å²) >= 11 is 0. The van der Waals surface area contributed by atoms with Gasteiger partial charge in [-0.1, -0.05) is 26.2 Å². The zero-order valence-electron chi connectivity index (χ0n) is 16.1. The predicted molar refractivity (Wildman–Crippen MR) is 113 cm³/mol. The fourth-order valence-electron chi connectivity index (χ4n) is 4.51. The van der Waals surface area contributed by atoms with Crippen molar-refractivity contribution in [2.75, 3.05) is 33.7 Å². The van der Waals surface area contributed by atoms with E-state index in [1.165, 1.54) is 51.4 Å². The molecule has 1 heterocycles. The van der Waals surface area contributed by atoms with Crippen LogP contribution in [0.1, 0.15) is 58.3 Å². The van der Waals surface area contributed by atoms with Crippen LogP contribution >= 0.6 is 24.0 Å². The first-order valence-electron chi connectivity index (χ1n) is 9.76. The molecule has 144 valence electrons. The Kier molecular flexibility index (Phi) is 7.40. The third kappa shape index (κ3) is 4.80. The van der Waals surface area contributed by atoms with E-state index in [0.29, 0.717) is 11.5 Å². The van der Waals surface area contributed by atoms with Crippen molar-refractivity contribution < 1.29 is 4.79 Å². The molecule has 1 aliphatic heterocycles. The van der Waals surface area contributed by atoms with Crippen molar-refractivity contribution in [3.8, 4) is 0 Å². The van der Waals surface area contributed by atoms with Gasteiger partial charge in [-0.15, -0.1) is 24.0 Å². The SMILES string of the molecule is CC1CCN(C(=NCC(=O)N(C)C)NC2CCCC2)CC12CCC2.I. The zero-order chi connectivity index (χ0) is 17.2. The smallest absolute Gasteiger partial charge is 0.243 e. The molecule has 0 aromatic rings. The van der Waals surface area contributed by atoms with Gasteiger partial charge in [0.25, 0.3) is 0 Å². The summed E-state index contributed by atoms with van der Waals surface area (Å²) in [5, 5.41) is 3.69. The highest BCUT2D eigenvalue weighted by Crippen LogP contribution is 2.50. The van der Waals surface area contributed by atoms with Crippen molar-refractivity contribution in [3.63, 3.8) is 0 Å². The molecule has 0 bridgehead atoms. The molecule has 25 heavy (non-hydrogen) atoms. The summed E-state index contributed by atoms with van der Waals surface area (Å²) in [7, 11) is 3.60. The number of nitrogens with one attached hydrogen (secondary N) is 1. The third-order valence-corrected chi connectivity index (χ3v) is 6.58. The number of guanidine groups is 1. The molecule has 0 aromatic heterocycles. The average Bonchev–Trinajstić information content (AvgIpc) is 3.03. The van der Waals surface area contributed by atoms with Gasteiger partial charge in [0.1, 0.15) is 6.54 Å². The Hall–Kier alpha value is -0.530. The largest absolute Gasteiger partial charge is 0.353 e. The Labute approximate surface area is 170 Å². The van der Waals surface area contributed by atoms with Crippen LogP contribution in [0.4, 0.5) is 0 Å². The summed E-state index contributed by atoms with van der Waals surface area (Å²) in [6.07, 6.45) is 10.4. The van der Waals surface area contributed by atoms with Crippen LogP contribution in [0, 0.1) is 11.3 Å². The molecular formula is C19H35IN4O. The Morgan fingerprint density at radius 2 is 1.88 bits per heavy atom. The number of piperidine rings is 1. The maximum Gasteiger partial charge on any atom is 0.243 e. The van der Waals surface area contributed by atoms with E-state index >= 15 is 0 Å². The fraction of sp³-hybridized carbons (Fsp3) is 0.895. The normalized spacial score (nSPS) is 26.1. The molecule has 0 radical (unpaired) electrons. The lowest BCUT2D eigenvalue weighted by Crippen LogP contribution is -2.57. The molecule has 0 aromatic carbocycles. The lowest BCUT2D eigenvalue weighted by atomic mass is 9.59. The van der Waals surface area contributed by atoms with Gasteiger partial charge in [-0.3, -0.25) is 4.79 Å². The van der Waals surface area contributed by atoms with Gasteiger partial charge in [-0.05, 0) is 43.4 Å². The number of rotatable bonds is 3. The molecule has 1 amide bonds. The summed E-state index contributed by atoms with van der Waals surface area (Å²) in [6, 6.07) is 0.537. The van der Waals surface area contributed by atoms with E-state index in [4.69, 9.17) is 4.99 Å². The number of nitrogens with zero attached hydrogens (tertiary/aromatic N) is 3. The van der Waals surface area contributed by atoms with Crippen LogP contribution in [0.15, 0.2) is 4.99 Å². The van der Waals surface area contributed by atoms with Crippen LogP contribution in [0.25, 0.3) is 0 Å². The first-order valence-corrected chi connectivity index (χ1v) is 9.76. The lowest BCUT2D eigenvalue weighted by molar-refractivity contribution is -0.127. The van der Waals surface area contributed by atoms with Gasteiger partial charge in [0.05, 0.1) is 0 Å². The van der Waals surface area contributed by atoms with Crippen molar-refractivity contribution in [1.82, 2.24) is 15.1 Å². The van der Waals surface area contributed by atoms with Gasteiger partial charge < -0.3 is 15.1 Å². The van der Waals surface area contributed by atoms with Crippen LogP contribution in [0.2, 0.25) is 0 Å². The molecule has 1 unspecified atom stereocenters. The Morgan fingerprint density at radius 1 is 1.20 bits per heavy atom. The minimum Gasteiger partial charge on any atom is -0.353 e. The van der Waals surface area contributed by atoms with Gasteiger partial charge in [0.15, 0.2) is 5.96 Å². The van der Waals surface area contributed by atoms with Gasteiger partial charge >= 0.3 is 0 Å². The number of likely N-dealkylation sites (tertiary alicyclic amines) is 1. The van der Waals surface area contributed by atoms with Crippen LogP contribution < -0.4 is 5.32 Å². The van der Waals surface area contributed by atoms with Crippen molar-refractivity contribution >= 4 is 35.8 Å². The van der Waals surface area contributed by atoms with Crippen LogP contribution in [-0.4, -0.2) is 61.4 Å². The maximum absolute atomic E-state index is 12.0. The Morgan fingerprint density at radius 3 is 2.44 bits per heavy atom. The number of hydrogen-bond acceptors (Lipinski definition) is 2. The van der Waals surface area contributed by atoms with Crippen molar-refractivity contribution in [2.45, 2.75) is 64.3 Å². The number of hydrogen-bond donors (Lipinski definition) is 1. The highest BCUT2D eigenvalue weighted by atomic mass is 127. The standard InChI is InChI=1S/C19H34N4O.HI/c1-15-9-12-23(14-19(15)10-6-11-19)18(20-13-17(24)22(2)3)21-16-7-4-5-8-16;/h15-16H,4-14H2,1-3H3,(H,20,21);1H. The molecule has 1 spiro atoms. The summed E-state index contributed by atoms with van der Waals surface area (Å²) in [5.74, 6) is 1.87. The minimum atomic E-state index is 0. The first kappa shape index (κ1) is 20.8. The Balaban J connectivity index is 0.00000225. The van der Waals surface area contributed by atoms with Crippen molar-refractivity contribution in [1.29, 1.82) is 0 Å². The second kappa shape index (κ2) is 8.91. The van der Waals surface area contributed by atoms with E-state index in [1.54, 1.807) is 19.0 Å². The number of carbonyl (C=O) groups excluding carboxylic acids is 1. The Bertz CT molecular complexity index is 484. The summed E-state index contributed by atoms with van der Waals surface area (Å²) in [4.78, 5) is 20.8. The lowest BCUT2D eigenvalue weighted by Gasteiger charge is -2.53. The van der Waals surface area contributed by atoms with E-state index in [2.05, 4.69) is 17.1 Å². The molecular weight excluding hydrogens is 427 g/mol. The van der Waals surface area contributed by atoms with E-state index < -0.39 is 0 Å². The van der Waals surface area contributed by atoms with Gasteiger partial charge in [-0.2, -0.15) is 0 Å². The van der Waals surface area contributed by atoms with Crippen LogP contribution in [0.3, 0.4) is 0 Å². The monoisotopic (exact) mass is 462 g/mol. The number of carbonyl (C=O) groups is 1. The van der Waals surface area contributed by atoms with Crippen molar-refractivity contribution in [3.05, 3.63) is 0 Å². The average molecular weight is 462 g/mol. The first-order chi connectivity index (χ1) is 11.5. The second-order valence-electron chi connectivity index (χ2n) is 8.38. The molecule has 3 aliphatic rings. The van der Waals surface area contributed by atoms with Gasteiger partial charge in [-0.25, -0.2) is 4.99 Å². The zero-order valence-corrected chi connectivity index (χ0v) is 18.4. The molecule has 2 saturated carbocycles. The number of likely N-dealkylation sites (N-methyl/N-ethyl adjacent to an activating group) is 1. The van der Waals surface area contributed by atoms with E-state index in [0.717, 1.165) is 25.0 Å². The topological polar surface area (TPSA) is 47.9 Å². The number of halogens is 1. The van der Waals surface area contributed by atoms with Gasteiger partial charge in [0, 0.05) is 33.2 Å². The summed E-state index contributed by atoms with van der Waals surface area (Å²) in [5.41, 5.74) is 0.502. The third-order valence-electron chi connectivity index (χ3n) is 6.58. The molecule has 3 fully saturated rings. The predicted octanol–water partition coefficient (Wildman–Crippen LogP) is 3.09. The van der Waals surface area contributed by atoms with Crippen LogP contribution in [0.5, 0.6) is 0 Å². The molecule has 6 heteroatoms. The van der Waals surface area contributed by atoms with E-state index in [9.17, 15) is 4.79 Å².